The summed E-state index contributed by atoms with van der Waals surface area (Å²) >= 11 is 0. The summed E-state index contributed by atoms with van der Waals surface area (Å²) in [6, 6.07) is 0.156. The Balaban J connectivity index is 0.00000121. The average Bonchev–Trinajstić information content (AvgIpc) is 2.54. The number of imidazole rings is 1. The molecule has 0 radical (unpaired) electrons. The van der Waals surface area contributed by atoms with Crippen LogP contribution < -0.4 is 5.69 Å². The number of nitrogens with zero attached hydrogens (tertiary/aromatic N) is 2. The van der Waals surface area contributed by atoms with E-state index in [0.717, 1.165) is 11.4 Å². The average molecular weight is 236 g/mol. The number of allylic oxidation sites excluding steroid dienone is 1. The van der Waals surface area contributed by atoms with Crippen LogP contribution in [-0.4, -0.2) is 9.13 Å². The Kier molecular flexibility index (Phi) is 6.33. The minimum absolute atomic E-state index is 0.00741. The quantitative estimate of drug-likeness (QED) is 0.789. The summed E-state index contributed by atoms with van der Waals surface area (Å²) in [4.78, 5) is 11.9. The molecule has 3 heteroatoms. The van der Waals surface area contributed by atoms with Gasteiger partial charge in [-0.2, -0.15) is 0 Å². The Morgan fingerprint density at radius 1 is 1.24 bits per heavy atom. The highest BCUT2D eigenvalue weighted by molar-refractivity contribution is 5.59. The van der Waals surface area contributed by atoms with Crippen LogP contribution in [0.1, 0.15) is 52.0 Å². The first-order valence-electron chi connectivity index (χ1n) is 6.10. The molecule has 3 nitrogen and oxygen atoms in total. The van der Waals surface area contributed by atoms with Crippen LogP contribution in [0.4, 0.5) is 0 Å². The molecule has 96 valence electrons. The Morgan fingerprint density at radius 3 is 2.12 bits per heavy atom. The summed E-state index contributed by atoms with van der Waals surface area (Å²) in [5.74, 6) is 0. The van der Waals surface area contributed by atoms with Gasteiger partial charge in [0.2, 0.25) is 0 Å². The van der Waals surface area contributed by atoms with E-state index in [9.17, 15) is 4.79 Å². The van der Waals surface area contributed by atoms with Crippen molar-refractivity contribution in [1.29, 1.82) is 0 Å². The molecule has 1 aromatic rings. The highest BCUT2D eigenvalue weighted by Gasteiger charge is 2.14. The maximum absolute atomic E-state index is 11.9. The van der Waals surface area contributed by atoms with Crippen molar-refractivity contribution >= 4 is 12.2 Å². The lowest BCUT2D eigenvalue weighted by Crippen LogP contribution is -2.24. The standard InChI is InChI=1S/C12H18N2O.C2H6/c1-6-8-11-10(7-2)13(5)12(15)14(11)9(3)4;1-2/h6-9H,2H2,1,3-5H3;1-2H3/b8-6-;. The van der Waals surface area contributed by atoms with Gasteiger partial charge in [0.05, 0.1) is 11.4 Å². The molecule has 1 aromatic heterocycles. The molecule has 0 aliphatic heterocycles. The van der Waals surface area contributed by atoms with E-state index in [0.29, 0.717) is 0 Å². The Hall–Kier alpha value is -1.51. The van der Waals surface area contributed by atoms with E-state index >= 15 is 0 Å². The van der Waals surface area contributed by atoms with E-state index in [4.69, 9.17) is 0 Å². The molecule has 1 rings (SSSR count). The molecule has 0 N–H and O–H groups in total. The van der Waals surface area contributed by atoms with Crippen LogP contribution in [0.5, 0.6) is 0 Å². The molecule has 0 aliphatic carbocycles. The van der Waals surface area contributed by atoms with Crippen LogP contribution >= 0.6 is 0 Å². The number of hydrogen-bond donors (Lipinski definition) is 0. The van der Waals surface area contributed by atoms with Gasteiger partial charge in [0.25, 0.3) is 0 Å². The molecule has 0 unspecified atom stereocenters. The molecule has 0 saturated heterocycles. The highest BCUT2D eigenvalue weighted by Crippen LogP contribution is 2.15. The van der Waals surface area contributed by atoms with Crippen LogP contribution in [0, 0.1) is 0 Å². The Morgan fingerprint density at radius 2 is 1.76 bits per heavy atom. The molecule has 0 atom stereocenters. The fourth-order valence-electron chi connectivity index (χ4n) is 1.73. The van der Waals surface area contributed by atoms with Gasteiger partial charge in [-0.25, -0.2) is 4.79 Å². The van der Waals surface area contributed by atoms with Gasteiger partial charge in [-0.1, -0.05) is 26.5 Å². The first-order valence-corrected chi connectivity index (χ1v) is 6.10. The van der Waals surface area contributed by atoms with Crippen molar-refractivity contribution in [1.82, 2.24) is 9.13 Å². The van der Waals surface area contributed by atoms with Crippen LogP contribution in [0.15, 0.2) is 17.4 Å². The largest absolute Gasteiger partial charge is 0.329 e. The zero-order valence-electron chi connectivity index (χ0n) is 11.8. The fourth-order valence-corrected chi connectivity index (χ4v) is 1.73. The molecular weight excluding hydrogens is 212 g/mol. The third-order valence-corrected chi connectivity index (χ3v) is 2.41. The molecule has 1 heterocycles. The van der Waals surface area contributed by atoms with Gasteiger partial charge in [0.1, 0.15) is 0 Å². The molecule has 0 bridgehead atoms. The van der Waals surface area contributed by atoms with E-state index in [-0.39, 0.29) is 11.7 Å². The topological polar surface area (TPSA) is 26.9 Å². The van der Waals surface area contributed by atoms with Crippen LogP contribution in [0.2, 0.25) is 0 Å². The monoisotopic (exact) mass is 236 g/mol. The van der Waals surface area contributed by atoms with Crippen LogP contribution in [0.25, 0.3) is 12.2 Å². The van der Waals surface area contributed by atoms with Crippen molar-refractivity contribution < 1.29 is 0 Å². The van der Waals surface area contributed by atoms with Crippen molar-refractivity contribution in [3.63, 3.8) is 0 Å². The minimum Gasteiger partial charge on any atom is -0.295 e. The highest BCUT2D eigenvalue weighted by atomic mass is 16.1. The summed E-state index contributed by atoms with van der Waals surface area (Å²) in [6.45, 7) is 13.7. The number of rotatable bonds is 3. The van der Waals surface area contributed by atoms with Crippen molar-refractivity contribution in [2.45, 2.75) is 40.7 Å². The van der Waals surface area contributed by atoms with E-state index in [2.05, 4.69) is 6.58 Å². The van der Waals surface area contributed by atoms with Gasteiger partial charge in [-0.05, 0) is 32.9 Å². The maximum Gasteiger partial charge on any atom is 0.329 e. The van der Waals surface area contributed by atoms with Gasteiger partial charge < -0.3 is 0 Å². The second-order valence-electron chi connectivity index (χ2n) is 3.78. The summed E-state index contributed by atoms with van der Waals surface area (Å²) in [7, 11) is 1.77. The van der Waals surface area contributed by atoms with Gasteiger partial charge in [0.15, 0.2) is 0 Å². The predicted octanol–water partition coefficient (Wildman–Crippen LogP) is 3.47. The van der Waals surface area contributed by atoms with E-state index in [1.54, 1.807) is 22.3 Å². The zero-order chi connectivity index (χ0) is 13.6. The predicted molar refractivity (Wildman–Crippen MR) is 76.2 cm³/mol. The van der Waals surface area contributed by atoms with Crippen molar-refractivity contribution in [3.8, 4) is 0 Å². The summed E-state index contributed by atoms with van der Waals surface area (Å²) in [5, 5.41) is 0. The SMILES string of the molecule is C=Cc1c(/C=C\C)n(C(C)C)c(=O)n1C.CC. The third-order valence-electron chi connectivity index (χ3n) is 2.41. The number of aromatic nitrogens is 2. The first-order chi connectivity index (χ1) is 8.04. The molecule has 0 aliphatic rings. The zero-order valence-corrected chi connectivity index (χ0v) is 11.8. The van der Waals surface area contributed by atoms with Crippen molar-refractivity contribution in [3.05, 3.63) is 34.5 Å². The third kappa shape index (κ3) is 2.99. The van der Waals surface area contributed by atoms with E-state index < -0.39 is 0 Å². The van der Waals surface area contributed by atoms with E-state index in [1.165, 1.54) is 0 Å². The van der Waals surface area contributed by atoms with Gasteiger partial charge in [-0.3, -0.25) is 9.13 Å². The smallest absolute Gasteiger partial charge is 0.295 e. The normalized spacial score (nSPS) is 10.5. The number of hydrogen-bond acceptors (Lipinski definition) is 1. The van der Waals surface area contributed by atoms with Gasteiger partial charge in [-0.15, -0.1) is 0 Å². The molecule has 0 spiro atoms. The molecular formula is C14H24N2O. The van der Waals surface area contributed by atoms with Crippen molar-refractivity contribution in [2.75, 3.05) is 0 Å². The lowest BCUT2D eigenvalue weighted by atomic mass is 10.2. The lowest BCUT2D eigenvalue weighted by Gasteiger charge is -2.08. The molecule has 0 aromatic carbocycles. The van der Waals surface area contributed by atoms with E-state index in [1.807, 2.05) is 46.8 Å². The van der Waals surface area contributed by atoms with Crippen LogP contribution in [-0.2, 0) is 7.05 Å². The molecule has 0 fully saturated rings. The Labute approximate surface area is 104 Å². The van der Waals surface area contributed by atoms with Crippen molar-refractivity contribution in [2.24, 2.45) is 7.05 Å². The Bertz CT molecular complexity index is 448. The summed E-state index contributed by atoms with van der Waals surface area (Å²) in [5.41, 5.74) is 1.80. The minimum atomic E-state index is 0.00741. The maximum atomic E-state index is 11.9. The second-order valence-corrected chi connectivity index (χ2v) is 3.78. The summed E-state index contributed by atoms with van der Waals surface area (Å²) in [6.07, 6.45) is 5.59. The lowest BCUT2D eigenvalue weighted by molar-refractivity contribution is 0.564. The summed E-state index contributed by atoms with van der Waals surface area (Å²) < 4.78 is 3.40. The molecule has 0 amide bonds. The first kappa shape index (κ1) is 15.5. The van der Waals surface area contributed by atoms with Crippen LogP contribution in [0.3, 0.4) is 0 Å². The second kappa shape index (κ2) is 6.94. The van der Waals surface area contributed by atoms with Gasteiger partial charge in [0, 0.05) is 13.1 Å². The fraction of sp³-hybridized carbons (Fsp3) is 0.500. The molecule has 0 saturated carbocycles. The molecule has 17 heavy (non-hydrogen) atoms. The van der Waals surface area contributed by atoms with Gasteiger partial charge >= 0.3 is 5.69 Å².